The molecule has 1 heterocycles. The van der Waals surface area contributed by atoms with Crippen LogP contribution in [0.25, 0.3) is 11.4 Å². The van der Waals surface area contributed by atoms with Gasteiger partial charge in [-0.25, -0.2) is 8.78 Å². The topological polar surface area (TPSA) is 83.6 Å². The van der Waals surface area contributed by atoms with Gasteiger partial charge in [-0.3, -0.25) is 4.79 Å². The van der Waals surface area contributed by atoms with Gasteiger partial charge in [-0.05, 0) is 35.5 Å². The molecule has 6 nitrogen and oxygen atoms in total. The first-order chi connectivity index (χ1) is 11.0. The van der Waals surface area contributed by atoms with Crippen molar-refractivity contribution in [2.24, 2.45) is 0 Å². The van der Waals surface area contributed by atoms with Gasteiger partial charge in [0.2, 0.25) is 5.82 Å². The predicted molar refractivity (Wildman–Crippen MR) is 78.9 cm³/mol. The molecule has 0 saturated heterocycles. The van der Waals surface area contributed by atoms with E-state index in [2.05, 4.69) is 25.9 Å². The maximum atomic E-state index is 13.7. The molecule has 0 aliphatic carbocycles. The first-order valence-corrected chi connectivity index (χ1v) is 6.72. The molecular formula is C14H8ClF2N5O. The van der Waals surface area contributed by atoms with Crippen LogP contribution in [0.15, 0.2) is 36.4 Å². The highest BCUT2D eigenvalue weighted by Crippen LogP contribution is 2.28. The third-order valence-corrected chi connectivity index (χ3v) is 3.23. The summed E-state index contributed by atoms with van der Waals surface area (Å²) in [4.78, 5) is 12.2. The number of rotatable bonds is 3. The number of nitrogens with one attached hydrogen (secondary N) is 2. The van der Waals surface area contributed by atoms with Gasteiger partial charge in [0.25, 0.3) is 5.91 Å². The zero-order chi connectivity index (χ0) is 16.4. The van der Waals surface area contributed by atoms with Crippen molar-refractivity contribution >= 4 is 23.2 Å². The predicted octanol–water partition coefficient (Wildman–Crippen LogP) is 3.05. The molecule has 2 aromatic carbocycles. The van der Waals surface area contributed by atoms with Crippen LogP contribution in [-0.2, 0) is 0 Å². The fourth-order valence-corrected chi connectivity index (χ4v) is 2.13. The Hall–Kier alpha value is -2.87. The van der Waals surface area contributed by atoms with Crippen LogP contribution in [0.1, 0.15) is 10.4 Å². The van der Waals surface area contributed by atoms with Crippen molar-refractivity contribution in [1.29, 1.82) is 0 Å². The zero-order valence-electron chi connectivity index (χ0n) is 11.3. The Bertz CT molecular complexity index is 870. The van der Waals surface area contributed by atoms with Gasteiger partial charge < -0.3 is 5.32 Å². The summed E-state index contributed by atoms with van der Waals surface area (Å²) in [5.74, 6) is -2.26. The van der Waals surface area contributed by atoms with Gasteiger partial charge in [0, 0.05) is 16.7 Å². The van der Waals surface area contributed by atoms with Crippen molar-refractivity contribution in [3.63, 3.8) is 0 Å². The maximum Gasteiger partial charge on any atom is 0.258 e. The molecule has 0 atom stereocenters. The third-order valence-electron chi connectivity index (χ3n) is 2.99. The minimum Gasteiger partial charge on any atom is -0.321 e. The van der Waals surface area contributed by atoms with E-state index in [1.807, 2.05) is 0 Å². The third kappa shape index (κ3) is 3.16. The van der Waals surface area contributed by atoms with Gasteiger partial charge in [-0.2, -0.15) is 5.21 Å². The molecule has 3 aromatic rings. The van der Waals surface area contributed by atoms with E-state index in [0.717, 1.165) is 12.1 Å². The van der Waals surface area contributed by atoms with E-state index in [1.165, 1.54) is 6.07 Å². The maximum absolute atomic E-state index is 13.7. The highest BCUT2D eigenvalue weighted by Gasteiger charge is 2.16. The molecule has 3 rings (SSSR count). The Morgan fingerprint density at radius 1 is 1.17 bits per heavy atom. The van der Waals surface area contributed by atoms with Crippen LogP contribution in [0.5, 0.6) is 0 Å². The number of aromatic amines is 1. The smallest absolute Gasteiger partial charge is 0.258 e. The van der Waals surface area contributed by atoms with Crippen molar-refractivity contribution < 1.29 is 13.6 Å². The number of tetrazole rings is 1. The van der Waals surface area contributed by atoms with E-state index in [0.29, 0.717) is 16.7 Å². The van der Waals surface area contributed by atoms with E-state index in [-0.39, 0.29) is 17.1 Å². The Morgan fingerprint density at radius 2 is 2.00 bits per heavy atom. The summed E-state index contributed by atoms with van der Waals surface area (Å²) in [6, 6.07) is 7.32. The van der Waals surface area contributed by atoms with Crippen molar-refractivity contribution in [3.8, 4) is 11.4 Å². The number of aromatic nitrogens is 4. The average Bonchev–Trinajstić information content (AvgIpc) is 3.01. The molecule has 0 radical (unpaired) electrons. The second-order valence-corrected chi connectivity index (χ2v) is 4.94. The molecule has 0 bridgehead atoms. The van der Waals surface area contributed by atoms with Gasteiger partial charge in [0.05, 0.1) is 11.3 Å². The number of amides is 1. The Morgan fingerprint density at radius 3 is 2.70 bits per heavy atom. The highest BCUT2D eigenvalue weighted by atomic mass is 35.5. The Labute approximate surface area is 133 Å². The number of benzene rings is 2. The lowest BCUT2D eigenvalue weighted by atomic mass is 10.1. The Balaban J connectivity index is 1.96. The van der Waals surface area contributed by atoms with Crippen LogP contribution in [-0.4, -0.2) is 26.5 Å². The summed E-state index contributed by atoms with van der Waals surface area (Å²) in [5.41, 5.74) is 0.414. The quantitative estimate of drug-likeness (QED) is 0.770. The van der Waals surface area contributed by atoms with Crippen LogP contribution in [0.2, 0.25) is 5.02 Å². The SMILES string of the molecule is O=C(Nc1cc(Cl)ccc1-c1nn[nH]n1)c1ccc(F)cc1F. The highest BCUT2D eigenvalue weighted by molar-refractivity contribution is 6.31. The minimum absolute atomic E-state index is 0.233. The van der Waals surface area contributed by atoms with Crippen molar-refractivity contribution in [3.05, 3.63) is 58.6 Å². The number of anilines is 1. The number of carbonyl (C=O) groups excluding carboxylic acids is 1. The molecule has 1 amide bonds. The summed E-state index contributed by atoms with van der Waals surface area (Å²) in [5, 5.41) is 16.2. The first kappa shape index (κ1) is 15.0. The van der Waals surface area contributed by atoms with Crippen LogP contribution in [0.4, 0.5) is 14.5 Å². The van der Waals surface area contributed by atoms with Crippen molar-refractivity contribution in [1.82, 2.24) is 20.6 Å². The molecule has 9 heteroatoms. The van der Waals surface area contributed by atoms with E-state index in [9.17, 15) is 13.6 Å². The second-order valence-electron chi connectivity index (χ2n) is 4.50. The molecule has 116 valence electrons. The van der Waals surface area contributed by atoms with Gasteiger partial charge in [0.15, 0.2) is 0 Å². The number of hydrogen-bond acceptors (Lipinski definition) is 4. The van der Waals surface area contributed by atoms with Gasteiger partial charge in [-0.1, -0.05) is 11.6 Å². The largest absolute Gasteiger partial charge is 0.321 e. The molecule has 0 fully saturated rings. The van der Waals surface area contributed by atoms with Crippen molar-refractivity contribution in [2.75, 3.05) is 5.32 Å². The first-order valence-electron chi connectivity index (χ1n) is 6.34. The standard InChI is InChI=1S/C14H8ClF2N5O/c15-7-1-3-10(13-19-21-22-20-13)12(5-7)18-14(23)9-4-2-8(16)6-11(9)17/h1-6H,(H,18,23)(H,19,20,21,22). The Kier molecular flexibility index (Phi) is 3.98. The van der Waals surface area contributed by atoms with Gasteiger partial charge >= 0.3 is 0 Å². The van der Waals surface area contributed by atoms with E-state index >= 15 is 0 Å². The number of H-pyrrole nitrogens is 1. The lowest BCUT2D eigenvalue weighted by Gasteiger charge is -2.10. The van der Waals surface area contributed by atoms with Gasteiger partial charge in [-0.15, -0.1) is 10.2 Å². The number of carbonyl (C=O) groups is 1. The van der Waals surface area contributed by atoms with Gasteiger partial charge in [0.1, 0.15) is 11.6 Å². The van der Waals surface area contributed by atoms with Crippen LogP contribution < -0.4 is 5.32 Å². The number of halogens is 3. The fourth-order valence-electron chi connectivity index (χ4n) is 1.95. The average molecular weight is 336 g/mol. The molecule has 23 heavy (non-hydrogen) atoms. The number of hydrogen-bond donors (Lipinski definition) is 2. The molecule has 0 aliphatic rings. The van der Waals surface area contributed by atoms with Crippen LogP contribution in [0, 0.1) is 11.6 Å². The normalized spacial score (nSPS) is 10.6. The molecule has 0 saturated carbocycles. The number of nitrogens with zero attached hydrogens (tertiary/aromatic N) is 3. The summed E-state index contributed by atoms with van der Waals surface area (Å²) in [7, 11) is 0. The molecule has 0 spiro atoms. The van der Waals surface area contributed by atoms with E-state index < -0.39 is 17.5 Å². The second kappa shape index (κ2) is 6.09. The zero-order valence-corrected chi connectivity index (χ0v) is 12.1. The molecular weight excluding hydrogens is 328 g/mol. The van der Waals surface area contributed by atoms with Crippen molar-refractivity contribution in [2.45, 2.75) is 0 Å². The fraction of sp³-hybridized carbons (Fsp3) is 0. The van der Waals surface area contributed by atoms with E-state index in [4.69, 9.17) is 11.6 Å². The monoisotopic (exact) mass is 335 g/mol. The summed E-state index contributed by atoms with van der Waals surface area (Å²) in [6.45, 7) is 0. The minimum atomic E-state index is -0.967. The summed E-state index contributed by atoms with van der Waals surface area (Å²) in [6.07, 6.45) is 0. The molecule has 0 unspecified atom stereocenters. The lowest BCUT2D eigenvalue weighted by molar-refractivity contribution is 0.102. The summed E-state index contributed by atoms with van der Waals surface area (Å²) >= 11 is 5.92. The molecule has 0 aliphatic heterocycles. The molecule has 2 N–H and O–H groups in total. The van der Waals surface area contributed by atoms with Crippen LogP contribution >= 0.6 is 11.6 Å². The summed E-state index contributed by atoms with van der Waals surface area (Å²) < 4.78 is 26.6. The van der Waals surface area contributed by atoms with E-state index in [1.54, 1.807) is 12.1 Å². The lowest BCUT2D eigenvalue weighted by Crippen LogP contribution is -2.14. The molecule has 1 aromatic heterocycles. The van der Waals surface area contributed by atoms with Crippen LogP contribution in [0.3, 0.4) is 0 Å².